The van der Waals surface area contributed by atoms with Crippen LogP contribution >= 0.6 is 22.9 Å². The normalized spacial score (nSPS) is 11.5. The Labute approximate surface area is 194 Å². The van der Waals surface area contributed by atoms with Crippen molar-refractivity contribution in [2.75, 3.05) is 17.7 Å². The van der Waals surface area contributed by atoms with Crippen molar-refractivity contribution < 1.29 is 23.9 Å². The molecule has 9 heteroatoms. The molecule has 166 valence electrons. The number of esters is 2. The molecule has 1 heterocycles. The number of nitrogens with one attached hydrogen (secondary N) is 1. The van der Waals surface area contributed by atoms with Crippen molar-refractivity contribution in [1.29, 1.82) is 0 Å². The van der Waals surface area contributed by atoms with E-state index >= 15 is 0 Å². The van der Waals surface area contributed by atoms with Gasteiger partial charge < -0.3 is 20.5 Å². The summed E-state index contributed by atoms with van der Waals surface area (Å²) in [5.74, 6) is -1.92. The van der Waals surface area contributed by atoms with Crippen LogP contribution < -0.4 is 11.1 Å². The van der Waals surface area contributed by atoms with Gasteiger partial charge in [0.15, 0.2) is 6.10 Å². The lowest BCUT2D eigenvalue weighted by molar-refractivity contribution is -0.123. The molecule has 0 radical (unpaired) electrons. The second-order valence-electron chi connectivity index (χ2n) is 6.71. The molecule has 1 atom stereocenters. The van der Waals surface area contributed by atoms with Gasteiger partial charge in [-0.3, -0.25) is 4.79 Å². The van der Waals surface area contributed by atoms with Crippen LogP contribution in [0.15, 0.2) is 54.6 Å². The number of amides is 1. The third-order valence-corrected chi connectivity index (χ3v) is 5.74. The zero-order chi connectivity index (χ0) is 23.3. The highest BCUT2D eigenvalue weighted by molar-refractivity contribution is 7.20. The van der Waals surface area contributed by atoms with Gasteiger partial charge in [0.1, 0.15) is 5.00 Å². The predicted molar refractivity (Wildman–Crippen MR) is 125 cm³/mol. The molecule has 0 aliphatic heterocycles. The summed E-state index contributed by atoms with van der Waals surface area (Å²) in [6.45, 7) is 3.32. The number of hydrogen-bond donors (Lipinski definition) is 2. The van der Waals surface area contributed by atoms with Gasteiger partial charge >= 0.3 is 11.9 Å². The maximum atomic E-state index is 12.7. The molecule has 7 nitrogen and oxygen atoms in total. The summed E-state index contributed by atoms with van der Waals surface area (Å²) in [6.07, 6.45) is -1.14. The monoisotopic (exact) mass is 472 g/mol. The van der Waals surface area contributed by atoms with E-state index in [0.29, 0.717) is 10.0 Å². The van der Waals surface area contributed by atoms with Crippen LogP contribution in [-0.4, -0.2) is 30.6 Å². The number of benzene rings is 2. The molecule has 1 unspecified atom stereocenters. The third kappa shape index (κ3) is 5.46. The summed E-state index contributed by atoms with van der Waals surface area (Å²) >= 11 is 7.07. The average molecular weight is 473 g/mol. The molecule has 0 bridgehead atoms. The van der Waals surface area contributed by atoms with Crippen molar-refractivity contribution >= 4 is 51.5 Å². The first-order chi connectivity index (χ1) is 15.3. The van der Waals surface area contributed by atoms with Crippen molar-refractivity contribution in [2.24, 2.45) is 0 Å². The lowest BCUT2D eigenvalue weighted by Gasteiger charge is -2.14. The molecule has 1 aromatic heterocycles. The summed E-state index contributed by atoms with van der Waals surface area (Å²) < 4.78 is 10.4. The molecule has 2 aromatic carbocycles. The molecule has 0 saturated carbocycles. The van der Waals surface area contributed by atoms with Crippen molar-refractivity contribution in [3.05, 3.63) is 70.7 Å². The smallest absolute Gasteiger partial charge is 0.341 e. The molecule has 3 rings (SSSR count). The average Bonchev–Trinajstić information content (AvgIpc) is 3.18. The van der Waals surface area contributed by atoms with Gasteiger partial charge in [0.25, 0.3) is 5.91 Å². The Hall–Kier alpha value is -3.36. The number of anilines is 2. The Kier molecular flexibility index (Phi) is 7.50. The van der Waals surface area contributed by atoms with Gasteiger partial charge in [0, 0.05) is 15.6 Å². The maximum absolute atomic E-state index is 12.7. The molecule has 0 aliphatic carbocycles. The molecule has 1 amide bonds. The Morgan fingerprint density at radius 2 is 1.78 bits per heavy atom. The van der Waals surface area contributed by atoms with Gasteiger partial charge in [0.2, 0.25) is 0 Å². The van der Waals surface area contributed by atoms with E-state index in [2.05, 4.69) is 5.32 Å². The van der Waals surface area contributed by atoms with Crippen LogP contribution in [0.3, 0.4) is 0 Å². The number of thiophene rings is 1. The minimum atomic E-state index is -1.14. The second kappa shape index (κ2) is 10.3. The lowest BCUT2D eigenvalue weighted by atomic mass is 10.1. The van der Waals surface area contributed by atoms with E-state index in [0.717, 1.165) is 10.4 Å². The molecule has 0 fully saturated rings. The fourth-order valence-corrected chi connectivity index (χ4v) is 4.03. The largest absolute Gasteiger partial charge is 0.462 e. The molecule has 0 spiro atoms. The minimum Gasteiger partial charge on any atom is -0.462 e. The first-order valence-corrected chi connectivity index (χ1v) is 10.9. The molecular weight excluding hydrogens is 452 g/mol. The van der Waals surface area contributed by atoms with E-state index in [1.165, 1.54) is 36.5 Å². The van der Waals surface area contributed by atoms with Crippen LogP contribution in [0.25, 0.3) is 10.4 Å². The molecule has 32 heavy (non-hydrogen) atoms. The van der Waals surface area contributed by atoms with Crippen LogP contribution in [-0.2, 0) is 14.3 Å². The standard InChI is InChI=1S/C23H21ClN2O5S/c1-3-30-22(28)17-12-19(14-7-5-4-6-8-14)32-21(17)26-20(27)13(2)31-23(29)16-10-9-15(24)11-18(16)25/h4-13H,3,25H2,1-2H3,(H,26,27). The zero-order valence-corrected chi connectivity index (χ0v) is 19.0. The molecule has 3 N–H and O–H groups in total. The Bertz CT molecular complexity index is 1150. The molecular formula is C23H21ClN2O5S. The number of hydrogen-bond acceptors (Lipinski definition) is 7. The van der Waals surface area contributed by atoms with Crippen LogP contribution in [0.1, 0.15) is 34.6 Å². The Balaban J connectivity index is 1.78. The van der Waals surface area contributed by atoms with Crippen molar-refractivity contribution in [3.63, 3.8) is 0 Å². The zero-order valence-electron chi connectivity index (χ0n) is 17.4. The quantitative estimate of drug-likeness (QED) is 0.369. The fourth-order valence-electron chi connectivity index (χ4n) is 2.80. The number of rotatable bonds is 7. The summed E-state index contributed by atoms with van der Waals surface area (Å²) in [5, 5.41) is 3.35. The van der Waals surface area contributed by atoms with Gasteiger partial charge in [-0.05, 0) is 43.7 Å². The van der Waals surface area contributed by atoms with Gasteiger partial charge in [-0.1, -0.05) is 41.9 Å². The van der Waals surface area contributed by atoms with Crippen LogP contribution in [0.5, 0.6) is 0 Å². The second-order valence-corrected chi connectivity index (χ2v) is 8.20. The highest BCUT2D eigenvalue weighted by Crippen LogP contribution is 2.36. The highest BCUT2D eigenvalue weighted by atomic mass is 35.5. The number of carbonyl (C=O) groups excluding carboxylic acids is 3. The van der Waals surface area contributed by atoms with E-state index in [1.807, 2.05) is 30.3 Å². The SMILES string of the molecule is CCOC(=O)c1cc(-c2ccccc2)sc1NC(=O)C(C)OC(=O)c1ccc(Cl)cc1N. The minimum absolute atomic E-state index is 0.101. The molecule has 3 aromatic rings. The van der Waals surface area contributed by atoms with E-state index in [9.17, 15) is 14.4 Å². The van der Waals surface area contributed by atoms with Gasteiger partial charge in [-0.25, -0.2) is 9.59 Å². The van der Waals surface area contributed by atoms with E-state index in [4.69, 9.17) is 26.8 Å². The number of carbonyl (C=O) groups is 3. The van der Waals surface area contributed by atoms with Crippen LogP contribution in [0, 0.1) is 0 Å². The third-order valence-electron chi connectivity index (χ3n) is 4.41. The topological polar surface area (TPSA) is 108 Å². The summed E-state index contributed by atoms with van der Waals surface area (Å²) in [7, 11) is 0. The molecule has 0 saturated heterocycles. The lowest BCUT2D eigenvalue weighted by Crippen LogP contribution is -2.30. The van der Waals surface area contributed by atoms with Crippen molar-refractivity contribution in [3.8, 4) is 10.4 Å². The van der Waals surface area contributed by atoms with E-state index < -0.39 is 23.9 Å². The maximum Gasteiger partial charge on any atom is 0.341 e. The van der Waals surface area contributed by atoms with E-state index in [-0.39, 0.29) is 23.4 Å². The molecule has 0 aliphatic rings. The van der Waals surface area contributed by atoms with Gasteiger partial charge in [0.05, 0.1) is 17.7 Å². The number of ether oxygens (including phenoxy) is 2. The van der Waals surface area contributed by atoms with Gasteiger partial charge in [-0.15, -0.1) is 11.3 Å². The van der Waals surface area contributed by atoms with Crippen molar-refractivity contribution in [2.45, 2.75) is 20.0 Å². The highest BCUT2D eigenvalue weighted by Gasteiger charge is 2.24. The fraction of sp³-hybridized carbons (Fsp3) is 0.174. The van der Waals surface area contributed by atoms with E-state index in [1.54, 1.807) is 13.0 Å². The van der Waals surface area contributed by atoms with Crippen LogP contribution in [0.2, 0.25) is 5.02 Å². The number of halogens is 1. The number of nitrogens with two attached hydrogens (primary N) is 1. The Morgan fingerprint density at radius 3 is 2.44 bits per heavy atom. The van der Waals surface area contributed by atoms with Crippen LogP contribution in [0.4, 0.5) is 10.7 Å². The predicted octanol–water partition coefficient (Wildman–Crippen LogP) is 5.01. The Morgan fingerprint density at radius 1 is 1.06 bits per heavy atom. The first kappa shape index (κ1) is 23.3. The number of nitrogen functional groups attached to an aromatic ring is 1. The first-order valence-electron chi connectivity index (χ1n) is 9.73. The summed E-state index contributed by atoms with van der Waals surface area (Å²) in [5.41, 5.74) is 7.16. The summed E-state index contributed by atoms with van der Waals surface area (Å²) in [6, 6.07) is 15.4. The van der Waals surface area contributed by atoms with Gasteiger partial charge in [-0.2, -0.15) is 0 Å². The summed E-state index contributed by atoms with van der Waals surface area (Å²) in [4.78, 5) is 38.3. The van der Waals surface area contributed by atoms with Crippen molar-refractivity contribution in [1.82, 2.24) is 0 Å².